The number of aromatic nitrogens is 1. The molecule has 0 unspecified atom stereocenters. The first kappa shape index (κ1) is 18.9. The standard InChI is InChI=1S/C19H15N3O3S2/c1-3-11-21-16-12-14(22(24)25)7-10-17(16)27-19(21)20-18(23)13-5-8-15(9-6-13)26-4-2/h1,5-10,12H,4,11H2,2H3. The summed E-state index contributed by atoms with van der Waals surface area (Å²) in [7, 11) is 0. The first-order valence-electron chi connectivity index (χ1n) is 8.06. The molecule has 6 nitrogen and oxygen atoms in total. The number of hydrogen-bond donors (Lipinski definition) is 0. The number of hydrogen-bond acceptors (Lipinski definition) is 5. The van der Waals surface area contributed by atoms with Gasteiger partial charge in [-0.1, -0.05) is 24.2 Å². The highest BCUT2D eigenvalue weighted by molar-refractivity contribution is 7.99. The van der Waals surface area contributed by atoms with Crippen LogP contribution in [0.1, 0.15) is 17.3 Å². The Morgan fingerprint density at radius 2 is 2.07 bits per heavy atom. The molecular formula is C19H15N3O3S2. The Labute approximate surface area is 163 Å². The molecule has 0 aliphatic heterocycles. The van der Waals surface area contributed by atoms with Crippen LogP contribution in [0.3, 0.4) is 0 Å². The molecule has 8 heteroatoms. The van der Waals surface area contributed by atoms with E-state index in [1.54, 1.807) is 34.5 Å². The first-order valence-corrected chi connectivity index (χ1v) is 9.87. The highest BCUT2D eigenvalue weighted by atomic mass is 32.2. The number of benzene rings is 2. The van der Waals surface area contributed by atoms with Gasteiger partial charge in [0.1, 0.15) is 0 Å². The predicted octanol–water partition coefficient (Wildman–Crippen LogP) is 4.10. The smallest absolute Gasteiger partial charge is 0.279 e. The van der Waals surface area contributed by atoms with Crippen molar-refractivity contribution in [2.24, 2.45) is 4.99 Å². The molecule has 3 aromatic rings. The molecule has 1 aromatic heterocycles. The number of rotatable bonds is 5. The molecular weight excluding hydrogens is 382 g/mol. The second kappa shape index (κ2) is 8.20. The van der Waals surface area contributed by atoms with Crippen molar-refractivity contribution in [3.05, 3.63) is 62.9 Å². The zero-order valence-electron chi connectivity index (χ0n) is 14.4. The summed E-state index contributed by atoms with van der Waals surface area (Å²) in [4.78, 5) is 28.8. The average Bonchev–Trinajstić information content (AvgIpc) is 2.99. The van der Waals surface area contributed by atoms with Crippen LogP contribution in [0, 0.1) is 22.5 Å². The maximum absolute atomic E-state index is 12.6. The summed E-state index contributed by atoms with van der Waals surface area (Å²) in [5.74, 6) is 3.09. The summed E-state index contributed by atoms with van der Waals surface area (Å²) in [6.07, 6.45) is 5.44. The van der Waals surface area contributed by atoms with Gasteiger partial charge < -0.3 is 4.57 Å². The monoisotopic (exact) mass is 397 g/mol. The third kappa shape index (κ3) is 4.10. The second-order valence-corrected chi connectivity index (χ2v) is 7.80. The molecule has 0 saturated heterocycles. The van der Waals surface area contributed by atoms with E-state index < -0.39 is 4.92 Å². The minimum Gasteiger partial charge on any atom is -0.304 e. The van der Waals surface area contributed by atoms with Crippen molar-refractivity contribution in [2.75, 3.05) is 5.75 Å². The number of carbonyl (C=O) groups excluding carboxylic acids is 1. The fourth-order valence-corrected chi connectivity index (χ4v) is 4.18. The summed E-state index contributed by atoms with van der Waals surface area (Å²) in [5.41, 5.74) is 1.03. The van der Waals surface area contributed by atoms with Crippen LogP contribution in [0.25, 0.3) is 10.2 Å². The van der Waals surface area contributed by atoms with Gasteiger partial charge in [-0.25, -0.2) is 0 Å². The van der Waals surface area contributed by atoms with Gasteiger partial charge in [0.15, 0.2) is 4.80 Å². The summed E-state index contributed by atoms with van der Waals surface area (Å²) in [6.45, 7) is 2.23. The Bertz CT molecular complexity index is 1120. The number of amides is 1. The molecule has 27 heavy (non-hydrogen) atoms. The lowest BCUT2D eigenvalue weighted by atomic mass is 10.2. The number of carbonyl (C=O) groups is 1. The lowest BCUT2D eigenvalue weighted by molar-refractivity contribution is -0.384. The van der Waals surface area contributed by atoms with Crippen molar-refractivity contribution in [1.82, 2.24) is 4.57 Å². The highest BCUT2D eigenvalue weighted by Crippen LogP contribution is 2.23. The fourth-order valence-electron chi connectivity index (χ4n) is 2.51. The largest absolute Gasteiger partial charge is 0.304 e. The van der Waals surface area contributed by atoms with Gasteiger partial charge in [-0.05, 0) is 36.1 Å². The van der Waals surface area contributed by atoms with E-state index in [4.69, 9.17) is 6.42 Å². The molecule has 0 atom stereocenters. The number of thiazole rings is 1. The van der Waals surface area contributed by atoms with E-state index in [0.717, 1.165) is 15.3 Å². The van der Waals surface area contributed by atoms with E-state index in [1.807, 2.05) is 12.1 Å². The number of terminal acetylenes is 1. The van der Waals surface area contributed by atoms with Crippen molar-refractivity contribution in [2.45, 2.75) is 18.4 Å². The number of fused-ring (bicyclic) bond motifs is 1. The molecule has 1 amide bonds. The van der Waals surface area contributed by atoms with E-state index in [0.29, 0.717) is 15.9 Å². The molecule has 1 heterocycles. The van der Waals surface area contributed by atoms with E-state index in [2.05, 4.69) is 17.8 Å². The fraction of sp³-hybridized carbons (Fsp3) is 0.158. The Balaban J connectivity index is 2.06. The van der Waals surface area contributed by atoms with Crippen LogP contribution in [-0.2, 0) is 6.54 Å². The third-order valence-electron chi connectivity index (χ3n) is 3.74. The Kier molecular flexibility index (Phi) is 5.74. The first-order chi connectivity index (χ1) is 13.0. The summed E-state index contributed by atoms with van der Waals surface area (Å²) in [6, 6.07) is 11.8. The number of non-ortho nitro benzene ring substituents is 1. The molecule has 0 bridgehead atoms. The molecule has 2 aromatic carbocycles. The van der Waals surface area contributed by atoms with Crippen molar-refractivity contribution in [3.8, 4) is 12.3 Å². The van der Waals surface area contributed by atoms with E-state index in [-0.39, 0.29) is 18.1 Å². The SMILES string of the molecule is C#CCn1c(=NC(=O)c2ccc(SCC)cc2)sc2ccc([N+](=O)[O-])cc21. The van der Waals surface area contributed by atoms with Crippen molar-refractivity contribution >= 4 is 44.9 Å². The molecule has 3 rings (SSSR count). The Morgan fingerprint density at radius 3 is 2.70 bits per heavy atom. The molecule has 0 spiro atoms. The molecule has 0 fully saturated rings. The molecule has 0 saturated carbocycles. The van der Waals surface area contributed by atoms with Crippen molar-refractivity contribution < 1.29 is 9.72 Å². The average molecular weight is 397 g/mol. The number of thioether (sulfide) groups is 1. The van der Waals surface area contributed by atoms with Crippen LogP contribution in [0.15, 0.2) is 52.4 Å². The molecule has 0 aliphatic rings. The van der Waals surface area contributed by atoms with Crippen LogP contribution < -0.4 is 4.80 Å². The highest BCUT2D eigenvalue weighted by Gasteiger charge is 2.13. The van der Waals surface area contributed by atoms with Crippen LogP contribution in [-0.4, -0.2) is 21.2 Å². The number of nitro benzene ring substituents is 1. The van der Waals surface area contributed by atoms with Crippen LogP contribution >= 0.6 is 23.1 Å². The summed E-state index contributed by atoms with van der Waals surface area (Å²) in [5, 5.41) is 11.0. The minimum atomic E-state index is -0.463. The topological polar surface area (TPSA) is 77.5 Å². The van der Waals surface area contributed by atoms with Gasteiger partial charge in [-0.2, -0.15) is 4.99 Å². The normalized spacial score (nSPS) is 11.5. The molecule has 0 aliphatic carbocycles. The van der Waals surface area contributed by atoms with Gasteiger partial charge in [0, 0.05) is 22.6 Å². The van der Waals surface area contributed by atoms with Gasteiger partial charge in [0.2, 0.25) is 0 Å². The van der Waals surface area contributed by atoms with E-state index >= 15 is 0 Å². The minimum absolute atomic E-state index is 0.0343. The summed E-state index contributed by atoms with van der Waals surface area (Å²) >= 11 is 2.97. The summed E-state index contributed by atoms with van der Waals surface area (Å²) < 4.78 is 2.42. The van der Waals surface area contributed by atoms with Crippen LogP contribution in [0.2, 0.25) is 0 Å². The maximum Gasteiger partial charge on any atom is 0.279 e. The Hall–Kier alpha value is -2.89. The quantitative estimate of drug-likeness (QED) is 0.281. The molecule has 0 N–H and O–H groups in total. The Morgan fingerprint density at radius 1 is 1.33 bits per heavy atom. The van der Waals surface area contributed by atoms with Gasteiger partial charge in [-0.3, -0.25) is 14.9 Å². The van der Waals surface area contributed by atoms with E-state index in [9.17, 15) is 14.9 Å². The zero-order valence-corrected chi connectivity index (χ0v) is 16.0. The lowest BCUT2D eigenvalue weighted by Gasteiger charge is -2.01. The lowest BCUT2D eigenvalue weighted by Crippen LogP contribution is -2.16. The van der Waals surface area contributed by atoms with Gasteiger partial charge in [0.25, 0.3) is 11.6 Å². The number of nitro groups is 1. The maximum atomic E-state index is 12.6. The van der Waals surface area contributed by atoms with Crippen molar-refractivity contribution in [1.29, 1.82) is 0 Å². The third-order valence-corrected chi connectivity index (χ3v) is 5.69. The second-order valence-electron chi connectivity index (χ2n) is 5.46. The van der Waals surface area contributed by atoms with Crippen LogP contribution in [0.5, 0.6) is 0 Å². The van der Waals surface area contributed by atoms with E-state index in [1.165, 1.54) is 23.5 Å². The van der Waals surface area contributed by atoms with Gasteiger partial charge in [0.05, 0.1) is 21.7 Å². The van der Waals surface area contributed by atoms with Crippen molar-refractivity contribution in [3.63, 3.8) is 0 Å². The predicted molar refractivity (Wildman–Crippen MR) is 108 cm³/mol. The number of nitrogens with zero attached hydrogens (tertiary/aromatic N) is 3. The zero-order chi connectivity index (χ0) is 19.4. The van der Waals surface area contributed by atoms with Gasteiger partial charge in [-0.15, -0.1) is 18.2 Å². The molecule has 0 radical (unpaired) electrons. The van der Waals surface area contributed by atoms with Crippen LogP contribution in [0.4, 0.5) is 5.69 Å². The van der Waals surface area contributed by atoms with Gasteiger partial charge >= 0.3 is 0 Å². The molecule has 136 valence electrons.